The van der Waals surface area contributed by atoms with E-state index in [1.807, 2.05) is 0 Å². The first-order valence-corrected chi connectivity index (χ1v) is 11.1. The highest BCUT2D eigenvalue weighted by atomic mass is 32.2. The molecule has 1 aliphatic heterocycles. The Morgan fingerprint density at radius 1 is 1.07 bits per heavy atom. The molecule has 0 atom stereocenters. The number of likely N-dealkylation sites (N-methyl/N-ethyl adjacent to an activating group) is 1. The van der Waals surface area contributed by atoms with Crippen LogP contribution < -0.4 is 5.32 Å². The predicted octanol–water partition coefficient (Wildman–Crippen LogP) is 3.07. The summed E-state index contributed by atoms with van der Waals surface area (Å²) in [5, 5.41) is 2.75. The molecule has 0 bridgehead atoms. The fraction of sp³-hybridized carbons (Fsp3) is 0.381. The van der Waals surface area contributed by atoms with E-state index >= 15 is 0 Å². The highest BCUT2D eigenvalue weighted by molar-refractivity contribution is 7.89. The molecule has 1 saturated heterocycles. The summed E-state index contributed by atoms with van der Waals surface area (Å²) in [6.45, 7) is 1.50. The minimum Gasteiger partial charge on any atom is -0.325 e. The van der Waals surface area contributed by atoms with Gasteiger partial charge >= 0.3 is 0 Å². The Balaban J connectivity index is 1.56. The second kappa shape index (κ2) is 9.47. The molecule has 156 valence electrons. The van der Waals surface area contributed by atoms with Crippen molar-refractivity contribution in [3.8, 4) is 0 Å². The molecule has 0 unspecified atom stereocenters. The number of carbonyl (C=O) groups excluding carboxylic acids is 1. The molecule has 29 heavy (non-hydrogen) atoms. The number of carbonyl (C=O) groups is 1. The van der Waals surface area contributed by atoms with E-state index in [4.69, 9.17) is 0 Å². The minimum absolute atomic E-state index is 0.0855. The van der Waals surface area contributed by atoms with Gasteiger partial charge in [-0.05, 0) is 50.2 Å². The first-order chi connectivity index (χ1) is 13.9. The highest BCUT2D eigenvalue weighted by Gasteiger charge is 2.25. The third-order valence-corrected chi connectivity index (χ3v) is 6.82. The number of amides is 1. The van der Waals surface area contributed by atoms with Gasteiger partial charge in [-0.1, -0.05) is 24.6 Å². The van der Waals surface area contributed by atoms with E-state index < -0.39 is 10.0 Å². The lowest BCUT2D eigenvalue weighted by molar-refractivity contribution is -0.117. The van der Waals surface area contributed by atoms with Crippen LogP contribution in [-0.2, 0) is 21.4 Å². The Labute approximate surface area is 171 Å². The van der Waals surface area contributed by atoms with E-state index in [2.05, 4.69) is 5.32 Å². The largest absolute Gasteiger partial charge is 0.325 e. The standard InChI is InChI=1S/C21H26FN3O3S/c1-24(15-17-7-3-4-8-20(17)22)16-21(26)23-18-9-11-19(12-10-18)29(27,28)25-13-5-2-6-14-25/h3-4,7-12H,2,5-6,13-16H2,1H3,(H,23,26). The fourth-order valence-electron chi connectivity index (χ4n) is 3.38. The van der Waals surface area contributed by atoms with Crippen molar-refractivity contribution in [1.29, 1.82) is 0 Å². The molecule has 0 saturated carbocycles. The number of rotatable bonds is 7. The summed E-state index contributed by atoms with van der Waals surface area (Å²) in [5.74, 6) is -0.555. The molecule has 6 nitrogen and oxygen atoms in total. The predicted molar refractivity (Wildman–Crippen MR) is 110 cm³/mol. The van der Waals surface area contributed by atoms with Crippen molar-refractivity contribution in [2.24, 2.45) is 0 Å². The first-order valence-electron chi connectivity index (χ1n) is 9.68. The van der Waals surface area contributed by atoms with E-state index in [1.54, 1.807) is 42.3 Å². The summed E-state index contributed by atoms with van der Waals surface area (Å²) >= 11 is 0. The molecule has 3 rings (SSSR count). The van der Waals surface area contributed by atoms with Gasteiger partial charge in [-0.15, -0.1) is 0 Å². The van der Waals surface area contributed by atoms with Crippen LogP contribution in [0.3, 0.4) is 0 Å². The molecular weight excluding hydrogens is 393 g/mol. The summed E-state index contributed by atoms with van der Waals surface area (Å²) in [5.41, 5.74) is 1.04. The van der Waals surface area contributed by atoms with E-state index in [9.17, 15) is 17.6 Å². The average molecular weight is 420 g/mol. The highest BCUT2D eigenvalue weighted by Crippen LogP contribution is 2.22. The van der Waals surface area contributed by atoms with Crippen molar-refractivity contribution in [3.63, 3.8) is 0 Å². The number of anilines is 1. The lowest BCUT2D eigenvalue weighted by Gasteiger charge is -2.25. The molecule has 0 radical (unpaired) electrons. The Bertz CT molecular complexity index is 942. The lowest BCUT2D eigenvalue weighted by Crippen LogP contribution is -2.35. The Morgan fingerprint density at radius 2 is 1.72 bits per heavy atom. The van der Waals surface area contributed by atoms with Crippen LogP contribution in [0.2, 0.25) is 0 Å². The van der Waals surface area contributed by atoms with E-state index in [0.717, 1.165) is 19.3 Å². The Kier molecular flexibility index (Phi) is 7.00. The van der Waals surface area contributed by atoms with E-state index in [0.29, 0.717) is 30.9 Å². The second-order valence-electron chi connectivity index (χ2n) is 7.30. The number of hydrogen-bond donors (Lipinski definition) is 1. The first kappa shape index (κ1) is 21.4. The van der Waals surface area contributed by atoms with Crippen molar-refractivity contribution in [1.82, 2.24) is 9.21 Å². The molecule has 2 aromatic carbocycles. The van der Waals surface area contributed by atoms with Crippen LogP contribution in [-0.4, -0.2) is 50.2 Å². The maximum Gasteiger partial charge on any atom is 0.243 e. The van der Waals surface area contributed by atoms with Gasteiger partial charge in [0.1, 0.15) is 5.82 Å². The quantitative estimate of drug-likeness (QED) is 0.749. The molecule has 0 aromatic heterocycles. The lowest BCUT2D eigenvalue weighted by atomic mass is 10.2. The van der Waals surface area contributed by atoms with Crippen LogP contribution in [0.5, 0.6) is 0 Å². The number of sulfonamides is 1. The average Bonchev–Trinajstić information content (AvgIpc) is 2.70. The SMILES string of the molecule is CN(CC(=O)Nc1ccc(S(=O)(=O)N2CCCCC2)cc1)Cc1ccccc1F. The third kappa shape index (κ3) is 5.62. The molecular formula is C21H26FN3O3S. The number of nitrogens with zero attached hydrogens (tertiary/aromatic N) is 2. The number of benzene rings is 2. The number of hydrogen-bond acceptors (Lipinski definition) is 4. The van der Waals surface area contributed by atoms with Crippen LogP contribution in [0.25, 0.3) is 0 Å². The smallest absolute Gasteiger partial charge is 0.243 e. The van der Waals surface area contributed by atoms with E-state index in [-0.39, 0.29) is 23.2 Å². The zero-order valence-electron chi connectivity index (χ0n) is 16.5. The van der Waals surface area contributed by atoms with Crippen LogP contribution >= 0.6 is 0 Å². The molecule has 0 aliphatic carbocycles. The number of nitrogens with one attached hydrogen (secondary N) is 1. The van der Waals surface area contributed by atoms with Gasteiger partial charge in [-0.3, -0.25) is 9.69 Å². The maximum atomic E-state index is 13.7. The summed E-state index contributed by atoms with van der Waals surface area (Å²) in [6.07, 6.45) is 2.82. The molecule has 8 heteroatoms. The van der Waals surface area contributed by atoms with Gasteiger partial charge in [0.15, 0.2) is 0 Å². The molecule has 1 fully saturated rings. The summed E-state index contributed by atoms with van der Waals surface area (Å²) in [6, 6.07) is 12.7. The summed E-state index contributed by atoms with van der Waals surface area (Å²) in [4.78, 5) is 14.2. The molecule has 0 spiro atoms. The van der Waals surface area contributed by atoms with Crippen LogP contribution in [0, 0.1) is 5.82 Å². The van der Waals surface area contributed by atoms with Gasteiger partial charge in [-0.2, -0.15) is 4.31 Å². The third-order valence-electron chi connectivity index (χ3n) is 4.90. The molecule has 1 amide bonds. The van der Waals surface area contributed by atoms with Gasteiger partial charge in [0.05, 0.1) is 11.4 Å². The van der Waals surface area contributed by atoms with Gasteiger partial charge in [-0.25, -0.2) is 12.8 Å². The maximum absolute atomic E-state index is 13.7. The molecule has 1 aliphatic rings. The van der Waals surface area contributed by atoms with Gasteiger partial charge in [0.25, 0.3) is 0 Å². The molecule has 1 N–H and O–H groups in total. The Hall–Kier alpha value is -2.29. The normalized spacial score (nSPS) is 15.4. The van der Waals surface area contributed by atoms with Crippen molar-refractivity contribution >= 4 is 21.6 Å². The Morgan fingerprint density at radius 3 is 2.38 bits per heavy atom. The topological polar surface area (TPSA) is 69.7 Å². The van der Waals surface area contributed by atoms with Crippen LogP contribution in [0.15, 0.2) is 53.4 Å². The minimum atomic E-state index is -3.49. The van der Waals surface area contributed by atoms with Crippen molar-refractivity contribution < 1.29 is 17.6 Å². The van der Waals surface area contributed by atoms with Crippen molar-refractivity contribution in [3.05, 3.63) is 59.9 Å². The molecule has 2 aromatic rings. The molecule has 1 heterocycles. The zero-order valence-corrected chi connectivity index (χ0v) is 17.3. The number of halogens is 1. The monoisotopic (exact) mass is 419 g/mol. The summed E-state index contributed by atoms with van der Waals surface area (Å²) in [7, 11) is -1.75. The van der Waals surface area contributed by atoms with Gasteiger partial charge in [0, 0.05) is 30.9 Å². The fourth-order valence-corrected chi connectivity index (χ4v) is 4.90. The van der Waals surface area contributed by atoms with Crippen LogP contribution in [0.1, 0.15) is 24.8 Å². The van der Waals surface area contributed by atoms with Crippen molar-refractivity contribution in [2.45, 2.75) is 30.7 Å². The van der Waals surface area contributed by atoms with Gasteiger partial charge < -0.3 is 5.32 Å². The van der Waals surface area contributed by atoms with Gasteiger partial charge in [0.2, 0.25) is 15.9 Å². The van der Waals surface area contributed by atoms with E-state index in [1.165, 1.54) is 22.5 Å². The van der Waals surface area contributed by atoms with Crippen LogP contribution in [0.4, 0.5) is 10.1 Å². The second-order valence-corrected chi connectivity index (χ2v) is 9.24. The summed E-state index contributed by atoms with van der Waals surface area (Å²) < 4.78 is 40.6. The van der Waals surface area contributed by atoms with Crippen molar-refractivity contribution in [2.75, 3.05) is 32.0 Å². The number of piperidine rings is 1. The zero-order chi connectivity index (χ0) is 20.9.